The maximum atomic E-state index is 6.25. The molecule has 0 spiro atoms. The zero-order chi connectivity index (χ0) is 14.9. The van der Waals surface area contributed by atoms with E-state index in [2.05, 4.69) is 45.0 Å². The molecule has 0 aromatic carbocycles. The minimum absolute atomic E-state index is 0.0658. The van der Waals surface area contributed by atoms with Crippen molar-refractivity contribution in [3.05, 3.63) is 22.8 Å². The van der Waals surface area contributed by atoms with Crippen LogP contribution < -0.4 is 10.2 Å². The van der Waals surface area contributed by atoms with Crippen molar-refractivity contribution in [1.29, 1.82) is 0 Å². The molecule has 2 atom stereocenters. The highest BCUT2D eigenvalue weighted by Crippen LogP contribution is 2.38. The van der Waals surface area contributed by atoms with Crippen molar-refractivity contribution in [3.63, 3.8) is 0 Å². The first-order valence-corrected chi connectivity index (χ1v) is 7.75. The Morgan fingerprint density at radius 2 is 2.05 bits per heavy atom. The lowest BCUT2D eigenvalue weighted by atomic mass is 10.1. The minimum atomic E-state index is 0.0658. The van der Waals surface area contributed by atoms with E-state index in [1.54, 1.807) is 0 Å². The van der Waals surface area contributed by atoms with E-state index in [0.717, 1.165) is 34.9 Å². The van der Waals surface area contributed by atoms with Crippen LogP contribution in [0.25, 0.3) is 0 Å². The van der Waals surface area contributed by atoms with Gasteiger partial charge in [-0.3, -0.25) is 0 Å². The summed E-state index contributed by atoms with van der Waals surface area (Å²) < 4.78 is 0. The number of nitrogens with zero attached hydrogens (tertiary/aromatic N) is 2. The van der Waals surface area contributed by atoms with Gasteiger partial charge >= 0.3 is 0 Å². The van der Waals surface area contributed by atoms with Crippen molar-refractivity contribution in [2.75, 3.05) is 18.5 Å². The third-order valence-corrected chi connectivity index (χ3v) is 4.21. The van der Waals surface area contributed by atoms with Gasteiger partial charge in [0.05, 0.1) is 10.7 Å². The van der Waals surface area contributed by atoms with E-state index < -0.39 is 0 Å². The molecule has 1 aromatic rings. The third kappa shape index (κ3) is 4.35. The first-order valence-electron chi connectivity index (χ1n) is 7.38. The van der Waals surface area contributed by atoms with E-state index in [1.165, 1.54) is 6.42 Å². The van der Waals surface area contributed by atoms with Gasteiger partial charge in [0, 0.05) is 25.7 Å². The molecular formula is C16H26ClN3. The largest absolute Gasteiger partial charge is 0.359 e. The van der Waals surface area contributed by atoms with Crippen LogP contribution >= 0.6 is 11.6 Å². The molecule has 0 amide bonds. The van der Waals surface area contributed by atoms with Gasteiger partial charge in [0.1, 0.15) is 5.82 Å². The molecule has 0 bridgehead atoms. The lowest BCUT2D eigenvalue weighted by Gasteiger charge is -2.22. The van der Waals surface area contributed by atoms with Gasteiger partial charge in [0.2, 0.25) is 0 Å². The van der Waals surface area contributed by atoms with E-state index in [9.17, 15) is 0 Å². The van der Waals surface area contributed by atoms with Gasteiger partial charge < -0.3 is 10.2 Å². The second kappa shape index (κ2) is 5.90. The summed E-state index contributed by atoms with van der Waals surface area (Å²) in [5.74, 6) is 2.71. The second-order valence-corrected chi connectivity index (χ2v) is 7.46. The number of rotatable bonds is 5. The Kier molecular flexibility index (Phi) is 4.60. The normalized spacial score (nSPS) is 21.9. The Balaban J connectivity index is 2.03. The summed E-state index contributed by atoms with van der Waals surface area (Å²) in [6.45, 7) is 10.5. The van der Waals surface area contributed by atoms with Crippen LogP contribution in [0.3, 0.4) is 0 Å². The van der Waals surface area contributed by atoms with Crippen molar-refractivity contribution in [2.24, 2.45) is 11.8 Å². The molecule has 1 aromatic heterocycles. The highest BCUT2D eigenvalue weighted by atomic mass is 35.5. The number of pyridine rings is 1. The van der Waals surface area contributed by atoms with E-state index in [0.29, 0.717) is 6.54 Å². The van der Waals surface area contributed by atoms with Gasteiger partial charge in [-0.2, -0.15) is 0 Å². The van der Waals surface area contributed by atoms with Gasteiger partial charge in [-0.05, 0) is 51.2 Å². The summed E-state index contributed by atoms with van der Waals surface area (Å²) >= 11 is 6.25. The molecule has 2 unspecified atom stereocenters. The van der Waals surface area contributed by atoms with Gasteiger partial charge in [-0.15, -0.1) is 0 Å². The second-order valence-electron chi connectivity index (χ2n) is 7.06. The lowest BCUT2D eigenvalue weighted by Crippen LogP contribution is -2.35. The maximum absolute atomic E-state index is 6.25. The molecule has 2 rings (SSSR count). The highest BCUT2D eigenvalue weighted by Gasteiger charge is 2.33. The van der Waals surface area contributed by atoms with Crippen LogP contribution in [0.2, 0.25) is 5.02 Å². The van der Waals surface area contributed by atoms with Crippen LogP contribution in [0.4, 0.5) is 5.82 Å². The van der Waals surface area contributed by atoms with Gasteiger partial charge in [-0.1, -0.05) is 18.5 Å². The minimum Gasteiger partial charge on any atom is -0.359 e. The summed E-state index contributed by atoms with van der Waals surface area (Å²) in [5.41, 5.74) is 0.992. The zero-order valence-electron chi connectivity index (χ0n) is 13.2. The number of anilines is 1. The summed E-state index contributed by atoms with van der Waals surface area (Å²) in [5, 5.41) is 4.17. The van der Waals surface area contributed by atoms with Crippen LogP contribution in [0.5, 0.6) is 0 Å². The van der Waals surface area contributed by atoms with Crippen LogP contribution in [-0.2, 0) is 6.54 Å². The quantitative estimate of drug-likeness (QED) is 0.897. The molecule has 1 N–H and O–H groups in total. The van der Waals surface area contributed by atoms with Crippen molar-refractivity contribution < 1.29 is 0 Å². The number of hydrogen-bond donors (Lipinski definition) is 1. The third-order valence-electron chi connectivity index (χ3n) is 3.87. The molecule has 1 heterocycles. The number of nitrogens with one attached hydrogen (secondary N) is 1. The summed E-state index contributed by atoms with van der Waals surface area (Å²) in [4.78, 5) is 6.95. The SMILES string of the molecule is CC1CC1CN(C)c1ccc(Cl)c(CNC(C)(C)C)n1. The highest BCUT2D eigenvalue weighted by molar-refractivity contribution is 6.31. The van der Waals surface area contributed by atoms with Crippen molar-refractivity contribution >= 4 is 17.4 Å². The molecule has 112 valence electrons. The van der Waals surface area contributed by atoms with Gasteiger partial charge in [0.15, 0.2) is 0 Å². The Morgan fingerprint density at radius 1 is 1.40 bits per heavy atom. The average Bonchev–Trinajstić information content (AvgIpc) is 3.02. The predicted molar refractivity (Wildman–Crippen MR) is 86.4 cm³/mol. The molecule has 1 aliphatic rings. The molecule has 4 heteroatoms. The van der Waals surface area contributed by atoms with E-state index in [1.807, 2.05) is 12.1 Å². The number of halogens is 1. The first kappa shape index (κ1) is 15.6. The Bertz CT molecular complexity index is 467. The molecule has 1 aliphatic carbocycles. The topological polar surface area (TPSA) is 28.2 Å². The Labute approximate surface area is 127 Å². The van der Waals surface area contributed by atoms with E-state index in [4.69, 9.17) is 16.6 Å². The first-order chi connectivity index (χ1) is 9.26. The molecule has 0 radical (unpaired) electrons. The average molecular weight is 296 g/mol. The van der Waals surface area contributed by atoms with Crippen molar-refractivity contribution in [2.45, 2.75) is 46.2 Å². The Hall–Kier alpha value is -0.800. The van der Waals surface area contributed by atoms with E-state index in [-0.39, 0.29) is 5.54 Å². The zero-order valence-corrected chi connectivity index (χ0v) is 14.0. The van der Waals surface area contributed by atoms with Crippen LogP contribution in [0.15, 0.2) is 12.1 Å². The van der Waals surface area contributed by atoms with Gasteiger partial charge in [0.25, 0.3) is 0 Å². The fraction of sp³-hybridized carbons (Fsp3) is 0.688. The van der Waals surface area contributed by atoms with Crippen LogP contribution in [-0.4, -0.2) is 24.1 Å². The summed E-state index contributed by atoms with van der Waals surface area (Å²) in [6, 6.07) is 3.96. The molecule has 20 heavy (non-hydrogen) atoms. The number of hydrogen-bond acceptors (Lipinski definition) is 3. The monoisotopic (exact) mass is 295 g/mol. The lowest BCUT2D eigenvalue weighted by molar-refractivity contribution is 0.421. The Morgan fingerprint density at radius 3 is 2.60 bits per heavy atom. The molecular weight excluding hydrogens is 270 g/mol. The fourth-order valence-electron chi connectivity index (χ4n) is 2.26. The van der Waals surface area contributed by atoms with Crippen LogP contribution in [0, 0.1) is 11.8 Å². The number of aromatic nitrogens is 1. The van der Waals surface area contributed by atoms with E-state index >= 15 is 0 Å². The molecule has 1 fully saturated rings. The smallest absolute Gasteiger partial charge is 0.128 e. The summed E-state index contributed by atoms with van der Waals surface area (Å²) in [7, 11) is 2.11. The standard InChI is InChI=1S/C16H26ClN3/c1-11-8-12(11)10-20(5)15-7-6-13(17)14(19-15)9-18-16(2,3)4/h6-7,11-12,18H,8-10H2,1-5H3. The molecule has 0 aliphatic heterocycles. The van der Waals surface area contributed by atoms with Crippen molar-refractivity contribution in [1.82, 2.24) is 10.3 Å². The molecule has 3 nitrogen and oxygen atoms in total. The van der Waals surface area contributed by atoms with Crippen molar-refractivity contribution in [3.8, 4) is 0 Å². The molecule has 0 saturated heterocycles. The predicted octanol–water partition coefficient (Wildman–Crippen LogP) is 3.72. The van der Waals surface area contributed by atoms with Gasteiger partial charge in [-0.25, -0.2) is 4.98 Å². The maximum Gasteiger partial charge on any atom is 0.128 e. The molecule has 1 saturated carbocycles. The van der Waals surface area contributed by atoms with Crippen LogP contribution in [0.1, 0.15) is 39.8 Å². The summed E-state index contributed by atoms with van der Waals surface area (Å²) in [6.07, 6.45) is 1.34. The fourth-order valence-corrected chi connectivity index (χ4v) is 2.43.